The average molecular weight is 236 g/mol. The fourth-order valence-corrected chi connectivity index (χ4v) is 2.71. The lowest BCUT2D eigenvalue weighted by atomic mass is 10.0. The van der Waals surface area contributed by atoms with Gasteiger partial charge in [0.05, 0.1) is 0 Å². The van der Waals surface area contributed by atoms with E-state index in [1.807, 2.05) is 36.7 Å². The first-order chi connectivity index (χ1) is 7.55. The number of imidazole rings is 1. The van der Waals surface area contributed by atoms with Crippen molar-refractivity contribution in [3.63, 3.8) is 0 Å². The number of hydrogen-bond donors (Lipinski definition) is 1. The second-order valence-corrected chi connectivity index (χ2v) is 5.31. The van der Waals surface area contributed by atoms with Crippen LogP contribution in [0.25, 0.3) is 0 Å². The average Bonchev–Trinajstić information content (AvgIpc) is 2.85. The molecule has 0 bridgehead atoms. The summed E-state index contributed by atoms with van der Waals surface area (Å²) in [4.78, 5) is 6.40. The van der Waals surface area contributed by atoms with Crippen molar-refractivity contribution in [3.8, 4) is 0 Å². The first-order valence-electron chi connectivity index (χ1n) is 5.36. The van der Waals surface area contributed by atoms with Gasteiger partial charge in [0.25, 0.3) is 0 Å². The van der Waals surface area contributed by atoms with Gasteiger partial charge in [-0.05, 0) is 32.9 Å². The van der Waals surface area contributed by atoms with Crippen LogP contribution in [-0.2, 0) is 12.1 Å². The van der Waals surface area contributed by atoms with Crippen LogP contribution in [0.4, 0.5) is 0 Å². The molecule has 86 valence electrons. The zero-order valence-corrected chi connectivity index (χ0v) is 10.6. The lowest BCUT2D eigenvalue weighted by Crippen LogP contribution is -2.26. The minimum atomic E-state index is -1.00. The molecule has 1 N–H and O–H groups in total. The Morgan fingerprint density at radius 2 is 2.25 bits per heavy atom. The van der Waals surface area contributed by atoms with Gasteiger partial charge in [-0.1, -0.05) is 0 Å². The van der Waals surface area contributed by atoms with Crippen molar-refractivity contribution in [3.05, 3.63) is 40.1 Å². The minimum absolute atomic E-state index is 0.705. The zero-order chi connectivity index (χ0) is 11.8. The van der Waals surface area contributed by atoms with Crippen molar-refractivity contribution < 1.29 is 5.11 Å². The van der Waals surface area contributed by atoms with E-state index in [2.05, 4.69) is 4.98 Å². The van der Waals surface area contributed by atoms with E-state index in [9.17, 15) is 5.11 Å². The Kier molecular flexibility index (Phi) is 2.86. The molecule has 1 unspecified atom stereocenters. The van der Waals surface area contributed by atoms with E-state index in [0.717, 1.165) is 11.4 Å². The molecule has 3 nitrogen and oxygen atoms in total. The lowest BCUT2D eigenvalue weighted by molar-refractivity contribution is 0.0920. The Labute approximate surface area is 99.4 Å². The summed E-state index contributed by atoms with van der Waals surface area (Å²) < 4.78 is 1.97. The SMILES string of the molecule is CCn1ccnc1C(C)(O)c1ccc(C)s1. The molecule has 4 heteroatoms. The minimum Gasteiger partial charge on any atom is -0.377 e. The third kappa shape index (κ3) is 1.79. The molecule has 0 saturated carbocycles. The summed E-state index contributed by atoms with van der Waals surface area (Å²) >= 11 is 1.61. The number of aromatic nitrogens is 2. The van der Waals surface area contributed by atoms with Crippen LogP contribution in [0.5, 0.6) is 0 Å². The molecule has 2 rings (SSSR count). The molecular formula is C12H16N2OS. The van der Waals surface area contributed by atoms with Crippen molar-refractivity contribution in [1.29, 1.82) is 0 Å². The Morgan fingerprint density at radius 1 is 1.50 bits per heavy atom. The topological polar surface area (TPSA) is 38.0 Å². The summed E-state index contributed by atoms with van der Waals surface area (Å²) in [5.74, 6) is 0.705. The summed E-state index contributed by atoms with van der Waals surface area (Å²) in [5, 5.41) is 10.6. The molecule has 0 aliphatic carbocycles. The number of aliphatic hydroxyl groups is 1. The first kappa shape index (κ1) is 11.4. The summed E-state index contributed by atoms with van der Waals surface area (Å²) in [5.41, 5.74) is -1.00. The molecule has 0 radical (unpaired) electrons. The van der Waals surface area contributed by atoms with E-state index in [0.29, 0.717) is 5.82 Å². The monoisotopic (exact) mass is 236 g/mol. The van der Waals surface area contributed by atoms with Crippen molar-refractivity contribution in [2.24, 2.45) is 0 Å². The van der Waals surface area contributed by atoms with Gasteiger partial charge in [-0.15, -0.1) is 11.3 Å². The highest BCUT2D eigenvalue weighted by atomic mass is 32.1. The number of aryl methyl sites for hydroxylation is 2. The summed E-state index contributed by atoms with van der Waals surface area (Å²) in [7, 11) is 0. The number of thiophene rings is 1. The molecule has 1 atom stereocenters. The van der Waals surface area contributed by atoms with Crippen LogP contribution < -0.4 is 0 Å². The summed E-state index contributed by atoms with van der Waals surface area (Å²) in [6.45, 7) is 6.69. The first-order valence-corrected chi connectivity index (χ1v) is 6.18. The van der Waals surface area contributed by atoms with Crippen LogP contribution in [0.3, 0.4) is 0 Å². The van der Waals surface area contributed by atoms with Crippen molar-refractivity contribution >= 4 is 11.3 Å². The van der Waals surface area contributed by atoms with E-state index < -0.39 is 5.60 Å². The number of rotatable bonds is 3. The maximum absolute atomic E-state index is 10.6. The van der Waals surface area contributed by atoms with Crippen LogP contribution in [0.1, 0.15) is 29.4 Å². The van der Waals surface area contributed by atoms with Crippen LogP contribution in [0.2, 0.25) is 0 Å². The molecule has 2 aromatic rings. The molecule has 16 heavy (non-hydrogen) atoms. The fourth-order valence-electron chi connectivity index (χ4n) is 1.80. The molecule has 0 spiro atoms. The molecule has 0 aliphatic rings. The van der Waals surface area contributed by atoms with Crippen molar-refractivity contribution in [1.82, 2.24) is 9.55 Å². The number of nitrogens with zero attached hydrogens (tertiary/aromatic N) is 2. The molecule has 0 aliphatic heterocycles. The van der Waals surface area contributed by atoms with Crippen molar-refractivity contribution in [2.75, 3.05) is 0 Å². The van der Waals surface area contributed by atoms with Crippen LogP contribution in [0.15, 0.2) is 24.5 Å². The molecule has 2 aromatic heterocycles. The quantitative estimate of drug-likeness (QED) is 0.889. The highest BCUT2D eigenvalue weighted by molar-refractivity contribution is 7.12. The molecule has 0 amide bonds. The maximum atomic E-state index is 10.6. The normalized spacial score (nSPS) is 15.0. The Bertz CT molecular complexity index is 485. The predicted octanol–water partition coefficient (Wildman–Crippen LogP) is 2.53. The van der Waals surface area contributed by atoms with Gasteiger partial charge in [-0.25, -0.2) is 4.98 Å². The molecule has 0 saturated heterocycles. The number of hydrogen-bond acceptors (Lipinski definition) is 3. The van der Waals surface area contributed by atoms with Gasteiger partial charge < -0.3 is 9.67 Å². The van der Waals surface area contributed by atoms with E-state index in [1.54, 1.807) is 24.5 Å². The Balaban J connectivity index is 2.46. The molecule has 2 heterocycles. The van der Waals surface area contributed by atoms with Gasteiger partial charge in [0, 0.05) is 28.7 Å². The van der Waals surface area contributed by atoms with Gasteiger partial charge in [0.15, 0.2) is 5.60 Å². The Morgan fingerprint density at radius 3 is 2.81 bits per heavy atom. The largest absolute Gasteiger partial charge is 0.377 e. The van der Waals surface area contributed by atoms with Crippen molar-refractivity contribution in [2.45, 2.75) is 32.9 Å². The van der Waals surface area contributed by atoms with E-state index >= 15 is 0 Å². The maximum Gasteiger partial charge on any atom is 0.153 e. The second-order valence-electron chi connectivity index (χ2n) is 4.02. The summed E-state index contributed by atoms with van der Waals surface area (Å²) in [6.07, 6.45) is 3.62. The highest BCUT2D eigenvalue weighted by Gasteiger charge is 2.31. The fraction of sp³-hybridized carbons (Fsp3) is 0.417. The Hall–Kier alpha value is -1.13. The third-order valence-electron chi connectivity index (χ3n) is 2.71. The summed E-state index contributed by atoms with van der Waals surface area (Å²) in [6, 6.07) is 3.99. The van der Waals surface area contributed by atoms with E-state index in [-0.39, 0.29) is 0 Å². The highest BCUT2D eigenvalue weighted by Crippen LogP contribution is 2.32. The van der Waals surface area contributed by atoms with Gasteiger partial charge >= 0.3 is 0 Å². The van der Waals surface area contributed by atoms with E-state index in [1.165, 1.54) is 4.88 Å². The van der Waals surface area contributed by atoms with Gasteiger partial charge in [0.1, 0.15) is 5.82 Å². The molecule has 0 aromatic carbocycles. The van der Waals surface area contributed by atoms with Crippen LogP contribution in [-0.4, -0.2) is 14.7 Å². The lowest BCUT2D eigenvalue weighted by Gasteiger charge is -2.22. The van der Waals surface area contributed by atoms with Gasteiger partial charge in [-0.2, -0.15) is 0 Å². The smallest absolute Gasteiger partial charge is 0.153 e. The predicted molar refractivity (Wildman–Crippen MR) is 65.6 cm³/mol. The molecular weight excluding hydrogens is 220 g/mol. The van der Waals surface area contributed by atoms with Gasteiger partial charge in [0.2, 0.25) is 0 Å². The van der Waals surface area contributed by atoms with Crippen LogP contribution >= 0.6 is 11.3 Å². The third-order valence-corrected chi connectivity index (χ3v) is 3.92. The van der Waals surface area contributed by atoms with Crippen LogP contribution in [0, 0.1) is 6.92 Å². The zero-order valence-electron chi connectivity index (χ0n) is 9.77. The van der Waals surface area contributed by atoms with Gasteiger partial charge in [-0.3, -0.25) is 0 Å². The molecule has 0 fully saturated rings. The second kappa shape index (κ2) is 4.03. The van der Waals surface area contributed by atoms with E-state index in [4.69, 9.17) is 0 Å². The standard InChI is InChI=1S/C12H16N2OS/c1-4-14-8-7-13-11(14)12(3,15)10-6-5-9(2)16-10/h5-8,15H,4H2,1-3H3.